The summed E-state index contributed by atoms with van der Waals surface area (Å²) in [5.41, 5.74) is 1.87. The second-order valence-electron chi connectivity index (χ2n) is 5.30. The van der Waals surface area contributed by atoms with Crippen LogP contribution in [0.3, 0.4) is 0 Å². The molecule has 0 aliphatic carbocycles. The Bertz CT molecular complexity index is 780. The minimum atomic E-state index is -0.000684. The number of nitrogens with zero attached hydrogens (tertiary/aromatic N) is 4. The summed E-state index contributed by atoms with van der Waals surface area (Å²) < 4.78 is 5.21. The second kappa shape index (κ2) is 5.44. The number of rotatable bonds is 4. The average Bonchev–Trinajstić information content (AvgIpc) is 3.08. The van der Waals surface area contributed by atoms with E-state index in [2.05, 4.69) is 5.10 Å². The first-order valence-electron chi connectivity index (χ1n) is 7.02. The molecule has 108 valence electrons. The van der Waals surface area contributed by atoms with Crippen LogP contribution < -0.4 is 5.69 Å². The van der Waals surface area contributed by atoms with Gasteiger partial charge in [-0.1, -0.05) is 18.2 Å². The lowest BCUT2D eigenvalue weighted by atomic mass is 10.3. The Kier molecular flexibility index (Phi) is 3.48. The largest absolute Gasteiger partial charge is 0.328 e. The summed E-state index contributed by atoms with van der Waals surface area (Å²) in [4.78, 5) is 12.2. The molecule has 0 amide bonds. The second-order valence-corrected chi connectivity index (χ2v) is 5.30. The molecule has 0 saturated heterocycles. The molecule has 5 nitrogen and oxygen atoms in total. The predicted molar refractivity (Wildman–Crippen MR) is 81.7 cm³/mol. The van der Waals surface area contributed by atoms with Crippen LogP contribution in [0.1, 0.15) is 25.6 Å². The molecule has 0 aliphatic heterocycles. The molecule has 2 heterocycles. The first-order chi connectivity index (χ1) is 10.1. The maximum atomic E-state index is 12.2. The SMILES string of the molecule is CC(C)n1ccn(Cc2ccn(-c3ccccc3)n2)c1=O. The van der Waals surface area contributed by atoms with Crippen LogP contribution in [0, 0.1) is 0 Å². The van der Waals surface area contributed by atoms with Gasteiger partial charge in [0.25, 0.3) is 0 Å². The quantitative estimate of drug-likeness (QED) is 0.738. The maximum Gasteiger partial charge on any atom is 0.328 e. The highest BCUT2D eigenvalue weighted by Crippen LogP contribution is 2.08. The van der Waals surface area contributed by atoms with Crippen molar-refractivity contribution in [3.63, 3.8) is 0 Å². The van der Waals surface area contributed by atoms with Gasteiger partial charge in [0.2, 0.25) is 0 Å². The van der Waals surface area contributed by atoms with Crippen LogP contribution in [-0.2, 0) is 6.54 Å². The van der Waals surface area contributed by atoms with E-state index in [9.17, 15) is 4.79 Å². The Labute approximate surface area is 123 Å². The van der Waals surface area contributed by atoms with Gasteiger partial charge in [0.05, 0.1) is 17.9 Å². The molecule has 0 spiro atoms. The zero-order chi connectivity index (χ0) is 14.8. The number of hydrogen-bond acceptors (Lipinski definition) is 2. The van der Waals surface area contributed by atoms with Crippen LogP contribution in [0.25, 0.3) is 5.69 Å². The third kappa shape index (κ3) is 2.67. The third-order valence-electron chi connectivity index (χ3n) is 3.43. The van der Waals surface area contributed by atoms with Crippen molar-refractivity contribution < 1.29 is 0 Å². The van der Waals surface area contributed by atoms with Gasteiger partial charge in [-0.25, -0.2) is 9.48 Å². The van der Waals surface area contributed by atoms with Crippen LogP contribution >= 0.6 is 0 Å². The van der Waals surface area contributed by atoms with Gasteiger partial charge in [-0.15, -0.1) is 0 Å². The van der Waals surface area contributed by atoms with Crippen molar-refractivity contribution in [1.82, 2.24) is 18.9 Å². The highest BCUT2D eigenvalue weighted by Gasteiger charge is 2.08. The summed E-state index contributed by atoms with van der Waals surface area (Å²) in [5.74, 6) is 0. The summed E-state index contributed by atoms with van der Waals surface area (Å²) in [6.07, 6.45) is 5.54. The first-order valence-corrected chi connectivity index (χ1v) is 7.02. The normalized spacial score (nSPS) is 11.2. The smallest absolute Gasteiger partial charge is 0.297 e. The Morgan fingerprint density at radius 1 is 1.05 bits per heavy atom. The minimum Gasteiger partial charge on any atom is -0.297 e. The summed E-state index contributed by atoms with van der Waals surface area (Å²) in [5, 5.41) is 4.52. The third-order valence-corrected chi connectivity index (χ3v) is 3.43. The summed E-state index contributed by atoms with van der Waals surface area (Å²) in [6.45, 7) is 4.48. The van der Waals surface area contributed by atoms with E-state index in [0.29, 0.717) is 6.54 Å². The van der Waals surface area contributed by atoms with E-state index in [1.54, 1.807) is 9.13 Å². The number of para-hydroxylation sites is 1. The van der Waals surface area contributed by atoms with E-state index in [4.69, 9.17) is 0 Å². The van der Waals surface area contributed by atoms with Crippen molar-refractivity contribution in [2.24, 2.45) is 0 Å². The van der Waals surface area contributed by atoms with Crippen molar-refractivity contribution >= 4 is 0 Å². The number of hydrogen-bond donors (Lipinski definition) is 0. The molecular formula is C16H18N4O. The Morgan fingerprint density at radius 2 is 1.81 bits per heavy atom. The standard InChI is InChI=1S/C16H18N4O/c1-13(2)19-11-10-18(16(19)21)12-14-8-9-20(17-14)15-6-4-3-5-7-15/h3-11,13H,12H2,1-2H3. The Morgan fingerprint density at radius 3 is 2.48 bits per heavy atom. The van der Waals surface area contributed by atoms with Gasteiger partial charge in [0.15, 0.2) is 0 Å². The van der Waals surface area contributed by atoms with Gasteiger partial charge in [-0.3, -0.25) is 9.13 Å². The predicted octanol–water partition coefficient (Wildman–Crippen LogP) is 2.46. The summed E-state index contributed by atoms with van der Waals surface area (Å²) in [7, 11) is 0. The maximum absolute atomic E-state index is 12.2. The van der Waals surface area contributed by atoms with Crippen molar-refractivity contribution in [1.29, 1.82) is 0 Å². The Balaban J connectivity index is 1.84. The Hall–Kier alpha value is -2.56. The molecule has 0 atom stereocenters. The lowest BCUT2D eigenvalue weighted by Crippen LogP contribution is -2.25. The zero-order valence-corrected chi connectivity index (χ0v) is 12.2. The van der Waals surface area contributed by atoms with E-state index in [-0.39, 0.29) is 11.7 Å². The molecule has 3 rings (SSSR count). The van der Waals surface area contributed by atoms with Gasteiger partial charge >= 0.3 is 5.69 Å². The molecule has 5 heteroatoms. The van der Waals surface area contributed by atoms with Crippen LogP contribution in [0.5, 0.6) is 0 Å². The zero-order valence-electron chi connectivity index (χ0n) is 12.2. The molecular weight excluding hydrogens is 264 g/mol. The summed E-state index contributed by atoms with van der Waals surface area (Å²) >= 11 is 0. The topological polar surface area (TPSA) is 44.8 Å². The highest BCUT2D eigenvalue weighted by molar-refractivity contribution is 5.30. The van der Waals surface area contributed by atoms with Gasteiger partial charge in [0, 0.05) is 24.6 Å². The molecule has 0 bridgehead atoms. The molecule has 0 N–H and O–H groups in total. The fraction of sp³-hybridized carbons (Fsp3) is 0.250. The van der Waals surface area contributed by atoms with E-state index in [1.165, 1.54) is 0 Å². The highest BCUT2D eigenvalue weighted by atomic mass is 16.1. The lowest BCUT2D eigenvalue weighted by molar-refractivity contribution is 0.559. The van der Waals surface area contributed by atoms with Crippen molar-refractivity contribution in [3.05, 3.63) is 71.2 Å². The van der Waals surface area contributed by atoms with Gasteiger partial charge < -0.3 is 0 Å². The van der Waals surface area contributed by atoms with Gasteiger partial charge in [-0.2, -0.15) is 5.10 Å². The van der Waals surface area contributed by atoms with E-state index in [0.717, 1.165) is 11.4 Å². The van der Waals surface area contributed by atoms with Crippen LogP contribution in [0.4, 0.5) is 0 Å². The molecule has 0 fully saturated rings. The molecule has 21 heavy (non-hydrogen) atoms. The molecule has 1 aromatic carbocycles. The monoisotopic (exact) mass is 282 g/mol. The van der Waals surface area contributed by atoms with Crippen LogP contribution in [0.2, 0.25) is 0 Å². The molecule has 0 aliphatic rings. The fourth-order valence-electron chi connectivity index (χ4n) is 2.29. The van der Waals surface area contributed by atoms with E-state index < -0.39 is 0 Å². The van der Waals surface area contributed by atoms with Crippen molar-refractivity contribution in [2.45, 2.75) is 26.4 Å². The number of imidazole rings is 1. The average molecular weight is 282 g/mol. The number of aromatic nitrogens is 4. The summed E-state index contributed by atoms with van der Waals surface area (Å²) in [6, 6.07) is 12.0. The van der Waals surface area contributed by atoms with Crippen LogP contribution in [-0.4, -0.2) is 18.9 Å². The molecule has 2 aromatic heterocycles. The van der Waals surface area contributed by atoms with Crippen LogP contribution in [0.15, 0.2) is 59.8 Å². The molecule has 0 radical (unpaired) electrons. The lowest BCUT2D eigenvalue weighted by Gasteiger charge is -2.04. The molecule has 0 saturated carbocycles. The fourth-order valence-corrected chi connectivity index (χ4v) is 2.29. The van der Waals surface area contributed by atoms with E-state index >= 15 is 0 Å². The molecule has 3 aromatic rings. The molecule has 0 unspecified atom stereocenters. The van der Waals surface area contributed by atoms with Crippen molar-refractivity contribution in [3.8, 4) is 5.69 Å². The minimum absolute atomic E-state index is 0.000684. The van der Waals surface area contributed by atoms with Crippen molar-refractivity contribution in [2.75, 3.05) is 0 Å². The van der Waals surface area contributed by atoms with E-state index in [1.807, 2.05) is 73.5 Å². The van der Waals surface area contributed by atoms with Gasteiger partial charge in [-0.05, 0) is 32.0 Å². The van der Waals surface area contributed by atoms with Gasteiger partial charge in [0.1, 0.15) is 0 Å². The first kappa shape index (κ1) is 13.4. The number of benzene rings is 1.